The molecule has 1 aliphatic rings. The summed E-state index contributed by atoms with van der Waals surface area (Å²) in [4.78, 5) is 17.7. The van der Waals surface area contributed by atoms with E-state index in [9.17, 15) is 4.79 Å². The summed E-state index contributed by atoms with van der Waals surface area (Å²) in [5.74, 6) is 2.22. The number of aromatic nitrogens is 3. The van der Waals surface area contributed by atoms with E-state index in [0.717, 1.165) is 34.1 Å². The average molecular weight is 418 g/mol. The SMILES string of the molecule is COc1ccc2c(c1)C(c1ccc(C)cc1)=N[C@@H](NC(=O)CC(C)C)c1nnc(C)n1-2. The van der Waals surface area contributed by atoms with Crippen LogP contribution in [0.15, 0.2) is 47.5 Å². The Balaban J connectivity index is 1.93. The molecular formula is C24H27N5O2. The lowest BCUT2D eigenvalue weighted by atomic mass is 9.99. The van der Waals surface area contributed by atoms with Crippen LogP contribution in [0.25, 0.3) is 5.69 Å². The molecule has 2 heterocycles. The number of aliphatic imine (C=N–C) groups is 1. The molecule has 7 heteroatoms. The molecule has 0 spiro atoms. The third-order valence-electron chi connectivity index (χ3n) is 5.27. The number of aryl methyl sites for hydroxylation is 2. The minimum Gasteiger partial charge on any atom is -0.497 e. The van der Waals surface area contributed by atoms with E-state index in [1.165, 1.54) is 5.56 Å². The number of rotatable bonds is 5. The minimum atomic E-state index is -0.651. The highest BCUT2D eigenvalue weighted by atomic mass is 16.5. The van der Waals surface area contributed by atoms with Gasteiger partial charge in [-0.3, -0.25) is 14.4 Å². The summed E-state index contributed by atoms with van der Waals surface area (Å²) in [6, 6.07) is 14.1. The van der Waals surface area contributed by atoms with Crippen molar-refractivity contribution in [2.75, 3.05) is 7.11 Å². The molecule has 0 saturated heterocycles. The molecule has 2 aromatic carbocycles. The normalized spacial score (nSPS) is 15.0. The molecule has 1 atom stereocenters. The summed E-state index contributed by atoms with van der Waals surface area (Å²) in [6.45, 7) is 7.98. The fourth-order valence-electron chi connectivity index (χ4n) is 3.76. The highest BCUT2D eigenvalue weighted by Gasteiger charge is 2.29. The molecule has 7 nitrogen and oxygen atoms in total. The van der Waals surface area contributed by atoms with Gasteiger partial charge in [-0.25, -0.2) is 0 Å². The molecule has 31 heavy (non-hydrogen) atoms. The molecule has 0 aliphatic carbocycles. The lowest BCUT2D eigenvalue weighted by Gasteiger charge is -2.15. The van der Waals surface area contributed by atoms with Gasteiger partial charge in [-0.15, -0.1) is 10.2 Å². The first-order valence-corrected chi connectivity index (χ1v) is 10.4. The summed E-state index contributed by atoms with van der Waals surface area (Å²) in [7, 11) is 1.64. The Bertz CT molecular complexity index is 1150. The Hall–Kier alpha value is -3.48. The van der Waals surface area contributed by atoms with Gasteiger partial charge in [0.15, 0.2) is 12.0 Å². The van der Waals surface area contributed by atoms with Crippen LogP contribution in [0.3, 0.4) is 0 Å². The van der Waals surface area contributed by atoms with Gasteiger partial charge in [-0.05, 0) is 38.0 Å². The zero-order valence-corrected chi connectivity index (χ0v) is 18.5. The van der Waals surface area contributed by atoms with Crippen LogP contribution >= 0.6 is 0 Å². The second-order valence-electron chi connectivity index (χ2n) is 8.24. The van der Waals surface area contributed by atoms with Gasteiger partial charge in [0.1, 0.15) is 11.6 Å². The smallest absolute Gasteiger partial charge is 0.222 e. The van der Waals surface area contributed by atoms with Crippen LogP contribution < -0.4 is 10.1 Å². The van der Waals surface area contributed by atoms with Gasteiger partial charge < -0.3 is 10.1 Å². The Morgan fingerprint density at radius 3 is 2.55 bits per heavy atom. The van der Waals surface area contributed by atoms with Crippen LogP contribution in [0.4, 0.5) is 0 Å². The van der Waals surface area contributed by atoms with E-state index in [1.807, 2.05) is 55.7 Å². The molecule has 0 unspecified atom stereocenters. The maximum absolute atomic E-state index is 12.7. The highest BCUT2D eigenvalue weighted by molar-refractivity contribution is 6.15. The van der Waals surface area contributed by atoms with E-state index < -0.39 is 6.17 Å². The number of fused-ring (bicyclic) bond motifs is 3. The van der Waals surface area contributed by atoms with E-state index >= 15 is 0 Å². The van der Waals surface area contributed by atoms with Crippen LogP contribution in [-0.2, 0) is 4.79 Å². The topological polar surface area (TPSA) is 81.4 Å². The maximum atomic E-state index is 12.7. The molecule has 4 rings (SSSR count). The third kappa shape index (κ3) is 4.08. The standard InChI is InChI=1S/C24H27N5O2/c1-14(2)12-21(30)25-23-24-28-27-16(4)29(24)20-11-10-18(31-5)13-19(20)22(26-23)17-8-6-15(3)7-9-17/h6-11,13-14,23H,12H2,1-5H3,(H,25,30)/t23-/m1/s1. The molecule has 1 aliphatic heterocycles. The van der Waals surface area contributed by atoms with Crippen molar-refractivity contribution < 1.29 is 9.53 Å². The Morgan fingerprint density at radius 2 is 1.87 bits per heavy atom. The van der Waals surface area contributed by atoms with Crippen molar-refractivity contribution in [3.8, 4) is 11.4 Å². The molecule has 160 valence electrons. The lowest BCUT2D eigenvalue weighted by Crippen LogP contribution is -2.30. The number of methoxy groups -OCH3 is 1. The lowest BCUT2D eigenvalue weighted by molar-refractivity contribution is -0.122. The molecule has 1 aromatic heterocycles. The zero-order chi connectivity index (χ0) is 22.1. The van der Waals surface area contributed by atoms with Crippen LogP contribution in [0.1, 0.15) is 54.8 Å². The number of carbonyl (C=O) groups is 1. The number of hydrogen-bond acceptors (Lipinski definition) is 5. The van der Waals surface area contributed by atoms with Crippen LogP contribution in [-0.4, -0.2) is 33.5 Å². The summed E-state index contributed by atoms with van der Waals surface area (Å²) in [5.41, 5.74) is 4.69. The molecule has 0 fully saturated rings. The Morgan fingerprint density at radius 1 is 1.13 bits per heavy atom. The summed E-state index contributed by atoms with van der Waals surface area (Å²) in [5, 5.41) is 11.7. The van der Waals surface area contributed by atoms with E-state index in [4.69, 9.17) is 9.73 Å². The van der Waals surface area contributed by atoms with Crippen molar-refractivity contribution in [1.82, 2.24) is 20.1 Å². The van der Waals surface area contributed by atoms with Gasteiger partial charge in [0.05, 0.1) is 18.5 Å². The molecule has 1 N–H and O–H groups in total. The molecule has 0 radical (unpaired) electrons. The number of nitrogens with zero attached hydrogens (tertiary/aromatic N) is 4. The van der Waals surface area contributed by atoms with Gasteiger partial charge in [-0.1, -0.05) is 43.7 Å². The largest absolute Gasteiger partial charge is 0.497 e. The zero-order valence-electron chi connectivity index (χ0n) is 18.5. The number of ether oxygens (including phenoxy) is 1. The van der Waals surface area contributed by atoms with E-state index in [-0.39, 0.29) is 11.8 Å². The monoisotopic (exact) mass is 417 g/mol. The van der Waals surface area contributed by atoms with Gasteiger partial charge in [0.2, 0.25) is 5.91 Å². The van der Waals surface area contributed by atoms with Crippen molar-refractivity contribution in [1.29, 1.82) is 0 Å². The predicted octanol–water partition coefficient (Wildman–Crippen LogP) is 3.90. The molecule has 0 saturated carbocycles. The number of nitrogens with one attached hydrogen (secondary N) is 1. The Labute approximate surface area is 182 Å². The van der Waals surface area contributed by atoms with Gasteiger partial charge in [0.25, 0.3) is 0 Å². The summed E-state index contributed by atoms with van der Waals surface area (Å²) < 4.78 is 7.45. The molecule has 3 aromatic rings. The number of benzene rings is 2. The van der Waals surface area contributed by atoms with E-state index in [2.05, 4.69) is 34.6 Å². The summed E-state index contributed by atoms with van der Waals surface area (Å²) in [6.07, 6.45) is -0.234. The quantitative estimate of drug-likeness (QED) is 0.683. The first kappa shape index (κ1) is 20.8. The number of amides is 1. The fraction of sp³-hybridized carbons (Fsp3) is 0.333. The minimum absolute atomic E-state index is 0.0669. The van der Waals surface area contributed by atoms with Gasteiger partial charge in [-0.2, -0.15) is 0 Å². The van der Waals surface area contributed by atoms with E-state index in [1.54, 1.807) is 7.11 Å². The number of hydrogen-bond donors (Lipinski definition) is 1. The van der Waals surface area contributed by atoms with Crippen molar-refractivity contribution in [3.63, 3.8) is 0 Å². The first-order valence-electron chi connectivity index (χ1n) is 10.4. The van der Waals surface area contributed by atoms with Crippen LogP contribution in [0, 0.1) is 19.8 Å². The van der Waals surface area contributed by atoms with Crippen molar-refractivity contribution in [3.05, 3.63) is 70.8 Å². The average Bonchev–Trinajstić information content (AvgIpc) is 3.05. The third-order valence-corrected chi connectivity index (χ3v) is 5.27. The highest BCUT2D eigenvalue weighted by Crippen LogP contribution is 2.32. The van der Waals surface area contributed by atoms with E-state index in [0.29, 0.717) is 12.2 Å². The van der Waals surface area contributed by atoms with Crippen molar-refractivity contribution in [2.24, 2.45) is 10.9 Å². The molecular weight excluding hydrogens is 390 g/mol. The second-order valence-corrected chi connectivity index (χ2v) is 8.24. The first-order chi connectivity index (χ1) is 14.9. The van der Waals surface area contributed by atoms with Crippen molar-refractivity contribution in [2.45, 2.75) is 40.3 Å². The maximum Gasteiger partial charge on any atom is 0.222 e. The second kappa shape index (κ2) is 8.34. The van der Waals surface area contributed by atoms with Crippen LogP contribution in [0.5, 0.6) is 5.75 Å². The van der Waals surface area contributed by atoms with Crippen LogP contribution in [0.2, 0.25) is 0 Å². The Kier molecular flexibility index (Phi) is 5.59. The fourth-order valence-corrected chi connectivity index (χ4v) is 3.76. The van der Waals surface area contributed by atoms with Crippen molar-refractivity contribution >= 4 is 11.6 Å². The molecule has 0 bridgehead atoms. The predicted molar refractivity (Wildman–Crippen MR) is 120 cm³/mol. The number of carbonyl (C=O) groups excluding carboxylic acids is 1. The summed E-state index contributed by atoms with van der Waals surface area (Å²) >= 11 is 0. The van der Waals surface area contributed by atoms with Gasteiger partial charge >= 0.3 is 0 Å². The van der Waals surface area contributed by atoms with Gasteiger partial charge in [0, 0.05) is 17.5 Å². The molecule has 1 amide bonds.